The third-order valence-electron chi connectivity index (χ3n) is 3.67. The SMILES string of the molecule is CC1C[C@H]1CCCCCn1nc(C=CN)[nH]c1=O. The second-order valence-electron chi connectivity index (χ2n) is 5.22. The lowest BCUT2D eigenvalue weighted by Gasteiger charge is -2.00. The van der Waals surface area contributed by atoms with Crippen molar-refractivity contribution in [2.45, 2.75) is 45.6 Å². The Balaban J connectivity index is 1.67. The number of aryl methyl sites for hydroxylation is 1. The number of hydrogen-bond donors (Lipinski definition) is 2. The molecule has 1 fully saturated rings. The molecule has 1 unspecified atom stereocenters. The fraction of sp³-hybridized carbons (Fsp3) is 0.692. The molecule has 1 saturated carbocycles. The first-order valence-corrected chi connectivity index (χ1v) is 6.76. The van der Waals surface area contributed by atoms with E-state index in [1.165, 1.54) is 36.6 Å². The number of unbranched alkanes of at least 4 members (excludes halogenated alkanes) is 2. The molecule has 2 rings (SSSR count). The van der Waals surface area contributed by atoms with E-state index in [9.17, 15) is 4.79 Å². The number of hydrogen-bond acceptors (Lipinski definition) is 3. The van der Waals surface area contributed by atoms with Crippen LogP contribution in [-0.2, 0) is 6.54 Å². The van der Waals surface area contributed by atoms with Gasteiger partial charge in [-0.25, -0.2) is 9.48 Å². The molecule has 2 atom stereocenters. The molecule has 1 heterocycles. The summed E-state index contributed by atoms with van der Waals surface area (Å²) in [5.41, 5.74) is 5.10. The van der Waals surface area contributed by atoms with Gasteiger partial charge in [-0.1, -0.05) is 26.2 Å². The van der Waals surface area contributed by atoms with Crippen molar-refractivity contribution in [3.8, 4) is 0 Å². The molecule has 0 spiro atoms. The molecule has 0 saturated heterocycles. The van der Waals surface area contributed by atoms with E-state index in [2.05, 4.69) is 17.0 Å². The standard InChI is InChI=1S/C13H22N4O/c1-10-9-11(10)5-3-2-4-8-17-13(18)15-12(16-17)6-7-14/h6-7,10-11H,2-5,8-9,14H2,1H3,(H,15,16,18)/t10?,11-/m1/s1. The molecule has 1 aromatic heterocycles. The van der Waals surface area contributed by atoms with Gasteiger partial charge in [0.1, 0.15) is 0 Å². The van der Waals surface area contributed by atoms with E-state index in [0.717, 1.165) is 18.3 Å². The van der Waals surface area contributed by atoms with E-state index in [1.807, 2.05) is 0 Å². The topological polar surface area (TPSA) is 76.7 Å². The van der Waals surface area contributed by atoms with Gasteiger partial charge in [0.15, 0.2) is 5.82 Å². The molecule has 0 bridgehead atoms. The third kappa shape index (κ3) is 3.48. The predicted octanol–water partition coefficient (Wildman–Crippen LogP) is 1.72. The average Bonchev–Trinajstić information content (AvgIpc) is 2.91. The molecular formula is C13H22N4O. The van der Waals surface area contributed by atoms with E-state index in [0.29, 0.717) is 12.4 Å². The van der Waals surface area contributed by atoms with Crippen molar-refractivity contribution in [1.29, 1.82) is 0 Å². The highest BCUT2D eigenvalue weighted by Gasteiger charge is 2.31. The molecule has 1 aliphatic rings. The van der Waals surface area contributed by atoms with Crippen LogP contribution in [-0.4, -0.2) is 14.8 Å². The van der Waals surface area contributed by atoms with Gasteiger partial charge in [-0.15, -0.1) is 0 Å². The molecule has 1 aromatic rings. The van der Waals surface area contributed by atoms with Crippen molar-refractivity contribution in [3.63, 3.8) is 0 Å². The minimum absolute atomic E-state index is 0.154. The second-order valence-corrected chi connectivity index (χ2v) is 5.22. The molecule has 0 aliphatic heterocycles. The van der Waals surface area contributed by atoms with Gasteiger partial charge < -0.3 is 5.73 Å². The van der Waals surface area contributed by atoms with Crippen LogP contribution in [0.5, 0.6) is 0 Å². The summed E-state index contributed by atoms with van der Waals surface area (Å²) in [6, 6.07) is 0. The zero-order chi connectivity index (χ0) is 13.0. The van der Waals surface area contributed by atoms with Crippen LogP contribution in [0.15, 0.2) is 11.0 Å². The summed E-state index contributed by atoms with van der Waals surface area (Å²) in [6.45, 7) is 3.01. The summed E-state index contributed by atoms with van der Waals surface area (Å²) in [7, 11) is 0. The zero-order valence-electron chi connectivity index (χ0n) is 10.9. The number of nitrogens with zero attached hydrogens (tertiary/aromatic N) is 2. The summed E-state index contributed by atoms with van der Waals surface area (Å²) in [4.78, 5) is 14.2. The Labute approximate surface area is 107 Å². The van der Waals surface area contributed by atoms with Crippen molar-refractivity contribution in [2.24, 2.45) is 17.6 Å². The molecule has 0 radical (unpaired) electrons. The summed E-state index contributed by atoms with van der Waals surface area (Å²) in [5.74, 6) is 2.44. The van der Waals surface area contributed by atoms with Crippen LogP contribution in [0.1, 0.15) is 44.9 Å². The van der Waals surface area contributed by atoms with E-state index in [-0.39, 0.29) is 5.69 Å². The first-order valence-electron chi connectivity index (χ1n) is 6.76. The van der Waals surface area contributed by atoms with Crippen LogP contribution in [0, 0.1) is 11.8 Å². The Morgan fingerprint density at radius 2 is 2.28 bits per heavy atom. The van der Waals surface area contributed by atoms with Crippen LogP contribution >= 0.6 is 0 Å². The fourth-order valence-corrected chi connectivity index (χ4v) is 2.34. The maximum absolute atomic E-state index is 11.5. The van der Waals surface area contributed by atoms with Gasteiger partial charge in [0.05, 0.1) is 0 Å². The number of aromatic amines is 1. The quantitative estimate of drug-likeness (QED) is 0.723. The Morgan fingerprint density at radius 3 is 2.94 bits per heavy atom. The highest BCUT2D eigenvalue weighted by Crippen LogP contribution is 2.41. The van der Waals surface area contributed by atoms with Crippen LogP contribution in [0.25, 0.3) is 6.08 Å². The second kappa shape index (κ2) is 5.89. The molecule has 18 heavy (non-hydrogen) atoms. The van der Waals surface area contributed by atoms with Crippen LogP contribution < -0.4 is 11.4 Å². The van der Waals surface area contributed by atoms with Gasteiger partial charge in [-0.3, -0.25) is 4.98 Å². The van der Waals surface area contributed by atoms with Gasteiger partial charge in [0, 0.05) is 6.54 Å². The first-order chi connectivity index (χ1) is 8.70. The lowest BCUT2D eigenvalue weighted by Crippen LogP contribution is -2.18. The molecule has 1 aliphatic carbocycles. The van der Waals surface area contributed by atoms with Crippen LogP contribution in [0.3, 0.4) is 0 Å². The van der Waals surface area contributed by atoms with Crippen LogP contribution in [0.2, 0.25) is 0 Å². The Bertz CT molecular complexity index is 460. The average molecular weight is 250 g/mol. The van der Waals surface area contributed by atoms with E-state index in [4.69, 9.17) is 5.73 Å². The van der Waals surface area contributed by atoms with Crippen LogP contribution in [0.4, 0.5) is 0 Å². The lowest BCUT2D eigenvalue weighted by molar-refractivity contribution is 0.508. The lowest BCUT2D eigenvalue weighted by atomic mass is 10.1. The van der Waals surface area contributed by atoms with Crippen molar-refractivity contribution < 1.29 is 0 Å². The fourth-order valence-electron chi connectivity index (χ4n) is 2.34. The summed E-state index contributed by atoms with van der Waals surface area (Å²) in [5, 5.41) is 4.14. The van der Waals surface area contributed by atoms with Gasteiger partial charge in [0.25, 0.3) is 0 Å². The van der Waals surface area contributed by atoms with Crippen molar-refractivity contribution in [1.82, 2.24) is 14.8 Å². The first kappa shape index (κ1) is 12.9. The van der Waals surface area contributed by atoms with E-state index in [1.54, 1.807) is 6.08 Å². The molecule has 0 aromatic carbocycles. The number of nitrogens with one attached hydrogen (secondary N) is 1. The highest BCUT2D eigenvalue weighted by molar-refractivity contribution is 5.37. The van der Waals surface area contributed by atoms with Gasteiger partial charge in [-0.05, 0) is 37.0 Å². The largest absolute Gasteiger partial charge is 0.404 e. The number of nitrogens with two attached hydrogens (primary N) is 1. The Hall–Kier alpha value is -1.52. The number of rotatable bonds is 7. The Kier molecular flexibility index (Phi) is 4.23. The normalized spacial score (nSPS) is 22.7. The van der Waals surface area contributed by atoms with E-state index < -0.39 is 0 Å². The van der Waals surface area contributed by atoms with Gasteiger partial charge in [0.2, 0.25) is 0 Å². The smallest absolute Gasteiger partial charge is 0.343 e. The zero-order valence-corrected chi connectivity index (χ0v) is 10.9. The number of aromatic nitrogens is 3. The highest BCUT2D eigenvalue weighted by atomic mass is 16.1. The van der Waals surface area contributed by atoms with Crippen molar-refractivity contribution in [3.05, 3.63) is 22.5 Å². The van der Waals surface area contributed by atoms with Gasteiger partial charge in [-0.2, -0.15) is 5.10 Å². The van der Waals surface area contributed by atoms with Gasteiger partial charge >= 0.3 is 5.69 Å². The molecule has 3 N–H and O–H groups in total. The summed E-state index contributed by atoms with van der Waals surface area (Å²) >= 11 is 0. The maximum Gasteiger partial charge on any atom is 0.343 e. The third-order valence-corrected chi connectivity index (χ3v) is 3.67. The monoisotopic (exact) mass is 250 g/mol. The molecule has 100 valence electrons. The minimum atomic E-state index is -0.154. The molecular weight excluding hydrogens is 228 g/mol. The maximum atomic E-state index is 11.5. The summed E-state index contributed by atoms with van der Waals surface area (Å²) in [6.07, 6.45) is 9.17. The molecule has 5 nitrogen and oxygen atoms in total. The van der Waals surface area contributed by atoms with Crippen molar-refractivity contribution >= 4 is 6.08 Å². The van der Waals surface area contributed by atoms with E-state index >= 15 is 0 Å². The number of H-pyrrole nitrogens is 1. The molecule has 0 amide bonds. The minimum Gasteiger partial charge on any atom is -0.404 e. The molecule has 5 heteroatoms. The predicted molar refractivity (Wildman–Crippen MR) is 71.8 cm³/mol. The Morgan fingerprint density at radius 1 is 1.50 bits per heavy atom. The summed E-state index contributed by atoms with van der Waals surface area (Å²) < 4.78 is 1.48. The van der Waals surface area contributed by atoms with Crippen molar-refractivity contribution in [2.75, 3.05) is 0 Å².